The standard InChI is InChI=1S/C12H10O.C11H10N.C9H7NO.Al/c13-12-8-6-11(7-9-12)10-4-2-1-3-5-10;1-8-4-3-5-10-7-6-9(2)12-11(8)10;11-8-5-1-3-7-4-2-6-10-9(7)8;/h1-9,13H;3-7H,1H2,2H3;1-6,11H;/q;;;+2/p-2. The molecule has 37 heavy (non-hydrogen) atoms. The first kappa shape index (κ1) is 23.2. The largest absolute Gasteiger partial charge is 0.861 e. The van der Waals surface area contributed by atoms with Gasteiger partial charge in [-0.3, -0.25) is 9.97 Å². The Labute approximate surface area is 221 Å². The van der Waals surface area contributed by atoms with Crippen molar-refractivity contribution in [1.29, 1.82) is 0 Å². The molecule has 6 aromatic rings. The van der Waals surface area contributed by atoms with Crippen LogP contribution >= 0.6 is 0 Å². The van der Waals surface area contributed by atoms with Crippen LogP contribution in [-0.4, -0.2) is 24.8 Å². The van der Waals surface area contributed by atoms with Crippen molar-refractivity contribution >= 4 is 36.6 Å². The summed E-state index contributed by atoms with van der Waals surface area (Å²) in [7, 11) is 0. The molecule has 0 saturated heterocycles. The lowest BCUT2D eigenvalue weighted by atomic mass is 10.1. The molecular formula is C32H25AlN2O2. The van der Waals surface area contributed by atoms with Crippen LogP contribution in [0.5, 0.6) is 11.5 Å². The molecule has 0 amide bonds. The fraction of sp³-hybridized carbons (Fsp3) is 0.0625. The quantitative estimate of drug-likeness (QED) is 0.215. The lowest BCUT2D eigenvalue weighted by Crippen LogP contribution is -2.33. The molecule has 0 saturated carbocycles. The van der Waals surface area contributed by atoms with Gasteiger partial charge in [0.05, 0.1) is 11.3 Å². The van der Waals surface area contributed by atoms with Crippen molar-refractivity contribution in [3.63, 3.8) is 0 Å². The second kappa shape index (κ2) is 10.4. The number of aryl methyl sites for hydroxylation is 1. The molecule has 0 spiro atoms. The maximum atomic E-state index is 6.66. The van der Waals surface area contributed by atoms with Gasteiger partial charge in [0.2, 0.25) is 0 Å². The second-order valence-corrected chi connectivity index (χ2v) is 10.8. The van der Waals surface area contributed by atoms with E-state index < -0.39 is 14.8 Å². The molecule has 0 bridgehead atoms. The molecule has 0 aliphatic carbocycles. The van der Waals surface area contributed by atoms with Gasteiger partial charge in [-0.25, -0.2) is 0 Å². The third kappa shape index (κ3) is 5.20. The van der Waals surface area contributed by atoms with E-state index in [-0.39, 0.29) is 0 Å². The highest BCUT2D eigenvalue weighted by Gasteiger charge is 2.34. The number of rotatable bonds is 7. The normalized spacial score (nSPS) is 10.9. The summed E-state index contributed by atoms with van der Waals surface area (Å²) in [6.45, 7) is 2.02. The number of hydrogen-bond acceptors (Lipinski definition) is 4. The van der Waals surface area contributed by atoms with Crippen LogP contribution in [0.4, 0.5) is 0 Å². The van der Waals surface area contributed by atoms with Crippen LogP contribution < -0.4 is 7.58 Å². The molecule has 0 atom stereocenters. The first-order valence-electron chi connectivity index (χ1n) is 12.4. The average molecular weight is 497 g/mol. The zero-order chi connectivity index (χ0) is 25.0. The Bertz CT molecular complexity index is 1670. The highest BCUT2D eigenvalue weighted by Crippen LogP contribution is 2.27. The Morgan fingerprint density at radius 2 is 1.35 bits per heavy atom. The summed E-state index contributed by atoms with van der Waals surface area (Å²) in [6.07, 6.45) is 1.80. The lowest BCUT2D eigenvalue weighted by molar-refractivity contribution is 0.423. The Morgan fingerprint density at radius 3 is 2.19 bits per heavy atom. The second-order valence-electron chi connectivity index (χ2n) is 9.03. The van der Waals surface area contributed by atoms with Gasteiger partial charge in [-0.2, -0.15) is 0 Å². The monoisotopic (exact) mass is 496 g/mol. The SMILES string of the molecule is Cc1ccc2cccc([CH2][Al]([O]c3ccc(-c4ccccc4)cc3)[O]c3cccc4cccnc34)c2n1. The summed E-state index contributed by atoms with van der Waals surface area (Å²) >= 11 is -2.31. The van der Waals surface area contributed by atoms with Crippen LogP contribution in [0.3, 0.4) is 0 Å². The fourth-order valence-electron chi connectivity index (χ4n) is 4.58. The Hall–Kier alpha value is -4.17. The van der Waals surface area contributed by atoms with E-state index in [1.165, 1.54) is 5.56 Å². The minimum Gasteiger partial charge on any atom is -0.612 e. The number of fused-ring (bicyclic) bond motifs is 2. The predicted molar refractivity (Wildman–Crippen MR) is 151 cm³/mol. The van der Waals surface area contributed by atoms with Gasteiger partial charge >= 0.3 is 14.8 Å². The highest BCUT2D eigenvalue weighted by atomic mass is 27.2. The maximum Gasteiger partial charge on any atom is 0.861 e. The first-order chi connectivity index (χ1) is 18.2. The van der Waals surface area contributed by atoms with Crippen LogP contribution in [0.2, 0.25) is 0 Å². The maximum absolute atomic E-state index is 6.66. The Morgan fingerprint density at radius 1 is 0.622 bits per heavy atom. The smallest absolute Gasteiger partial charge is 0.612 e. The number of para-hydroxylation sites is 2. The molecule has 0 fully saturated rings. The third-order valence-electron chi connectivity index (χ3n) is 6.41. The number of hydrogen-bond donors (Lipinski definition) is 0. The predicted octanol–water partition coefficient (Wildman–Crippen LogP) is 7.49. The summed E-state index contributed by atoms with van der Waals surface area (Å²) in [5.74, 6) is 1.55. The van der Waals surface area contributed by atoms with E-state index in [0.717, 1.165) is 50.1 Å². The molecule has 0 aliphatic heterocycles. The molecule has 0 radical (unpaired) electrons. The zero-order valence-corrected chi connectivity index (χ0v) is 21.7. The van der Waals surface area contributed by atoms with Crippen molar-refractivity contribution in [2.75, 3.05) is 0 Å². The minimum atomic E-state index is -2.31. The van der Waals surface area contributed by atoms with Crippen molar-refractivity contribution in [2.24, 2.45) is 0 Å². The molecule has 6 rings (SSSR count). The molecular weight excluding hydrogens is 471 g/mol. The fourth-order valence-corrected chi connectivity index (χ4v) is 6.42. The minimum absolute atomic E-state index is 0.664. The summed E-state index contributed by atoms with van der Waals surface area (Å²) in [4.78, 5) is 9.42. The molecule has 178 valence electrons. The van der Waals surface area contributed by atoms with E-state index >= 15 is 0 Å². The summed E-state index contributed by atoms with van der Waals surface area (Å²) < 4.78 is 13.3. The Kier molecular flexibility index (Phi) is 6.56. The van der Waals surface area contributed by atoms with Crippen LogP contribution in [0.25, 0.3) is 32.9 Å². The molecule has 2 heterocycles. The van der Waals surface area contributed by atoms with Gasteiger partial charge in [0.1, 0.15) is 11.3 Å². The van der Waals surface area contributed by atoms with E-state index in [9.17, 15) is 0 Å². The zero-order valence-electron chi connectivity index (χ0n) is 20.5. The van der Waals surface area contributed by atoms with E-state index in [1.54, 1.807) is 6.20 Å². The number of pyridine rings is 2. The summed E-state index contributed by atoms with van der Waals surface area (Å²) in [5.41, 5.74) is 6.30. The van der Waals surface area contributed by atoms with E-state index in [2.05, 4.69) is 65.6 Å². The molecule has 4 aromatic carbocycles. The van der Waals surface area contributed by atoms with Crippen molar-refractivity contribution in [2.45, 2.75) is 12.2 Å². The molecule has 5 heteroatoms. The van der Waals surface area contributed by atoms with Crippen molar-refractivity contribution in [3.05, 3.63) is 133 Å². The van der Waals surface area contributed by atoms with E-state index in [4.69, 9.17) is 12.6 Å². The van der Waals surface area contributed by atoms with Crippen LogP contribution in [0, 0.1) is 6.92 Å². The molecule has 0 aliphatic rings. The van der Waals surface area contributed by atoms with E-state index in [0.29, 0.717) is 5.28 Å². The van der Waals surface area contributed by atoms with E-state index in [1.807, 2.05) is 61.5 Å². The van der Waals surface area contributed by atoms with Gasteiger partial charge in [-0.05, 0) is 53.9 Å². The van der Waals surface area contributed by atoms with Gasteiger partial charge in [0, 0.05) is 27.9 Å². The molecule has 0 unspecified atom stereocenters. The lowest BCUT2D eigenvalue weighted by Gasteiger charge is -2.18. The van der Waals surface area contributed by atoms with Gasteiger partial charge in [0.25, 0.3) is 0 Å². The van der Waals surface area contributed by atoms with Gasteiger partial charge < -0.3 is 7.58 Å². The van der Waals surface area contributed by atoms with Gasteiger partial charge in [0.15, 0.2) is 0 Å². The third-order valence-corrected chi connectivity index (χ3v) is 8.24. The van der Waals surface area contributed by atoms with Gasteiger partial charge in [-0.1, -0.05) is 84.9 Å². The van der Waals surface area contributed by atoms with Crippen molar-refractivity contribution in [1.82, 2.24) is 9.97 Å². The summed E-state index contributed by atoms with van der Waals surface area (Å²) in [6, 6.07) is 39.1. The summed E-state index contributed by atoms with van der Waals surface area (Å²) in [5, 5.41) is 2.83. The topological polar surface area (TPSA) is 44.2 Å². The molecule has 0 N–H and O–H groups in total. The van der Waals surface area contributed by atoms with Crippen LogP contribution in [-0.2, 0) is 5.28 Å². The van der Waals surface area contributed by atoms with Gasteiger partial charge in [-0.15, -0.1) is 0 Å². The van der Waals surface area contributed by atoms with Crippen LogP contribution in [0.15, 0.2) is 121 Å². The van der Waals surface area contributed by atoms with Crippen molar-refractivity contribution in [3.8, 4) is 22.6 Å². The number of benzene rings is 4. The van der Waals surface area contributed by atoms with Crippen molar-refractivity contribution < 1.29 is 7.58 Å². The average Bonchev–Trinajstić information content (AvgIpc) is 2.94. The number of aromatic nitrogens is 2. The first-order valence-corrected chi connectivity index (χ1v) is 14.2. The molecule has 2 aromatic heterocycles. The van der Waals surface area contributed by atoms with Crippen LogP contribution in [0.1, 0.15) is 11.3 Å². The Balaban J connectivity index is 1.34. The highest BCUT2D eigenvalue weighted by molar-refractivity contribution is 6.46. The number of nitrogens with zero attached hydrogens (tertiary/aromatic N) is 2. The molecule has 4 nitrogen and oxygen atoms in total.